The Morgan fingerprint density at radius 3 is 2.95 bits per heavy atom. The predicted octanol–water partition coefficient (Wildman–Crippen LogP) is 2.59. The van der Waals surface area contributed by atoms with E-state index in [1.165, 1.54) is 6.07 Å². The third kappa shape index (κ3) is 2.51. The van der Waals surface area contributed by atoms with Crippen molar-refractivity contribution in [1.29, 1.82) is 0 Å². The minimum absolute atomic E-state index is 0. The number of benzene rings is 1. The Hall–Kier alpha value is -1.39. The monoisotopic (exact) mass is 281 g/mol. The fourth-order valence-corrected chi connectivity index (χ4v) is 2.60. The molecule has 0 amide bonds. The van der Waals surface area contributed by atoms with Crippen LogP contribution < -0.4 is 10.2 Å². The topological polar surface area (TPSA) is 28.2 Å². The van der Waals surface area contributed by atoms with Crippen molar-refractivity contribution in [2.75, 3.05) is 25.0 Å². The van der Waals surface area contributed by atoms with Gasteiger partial charge in [0, 0.05) is 36.9 Å². The number of aromatic nitrogens is 1. The molecule has 2 aromatic rings. The van der Waals surface area contributed by atoms with Gasteiger partial charge in [-0.15, -0.1) is 12.4 Å². The molecule has 1 atom stereocenters. The summed E-state index contributed by atoms with van der Waals surface area (Å²) in [5, 5.41) is 4.23. The van der Waals surface area contributed by atoms with Gasteiger partial charge in [-0.25, -0.2) is 4.39 Å². The summed E-state index contributed by atoms with van der Waals surface area (Å²) >= 11 is 0. The molecule has 0 unspecified atom stereocenters. The van der Waals surface area contributed by atoms with Crippen LogP contribution in [0.3, 0.4) is 0 Å². The maximum atomic E-state index is 13.7. The van der Waals surface area contributed by atoms with E-state index in [1.807, 2.05) is 18.2 Å². The Morgan fingerprint density at radius 2 is 2.21 bits per heavy atom. The third-order valence-corrected chi connectivity index (χ3v) is 3.66. The SMILES string of the molecule is CN(c1ccc(F)c2ncccc12)[C@H]1CCNC1.Cl. The average Bonchev–Trinajstić information content (AvgIpc) is 2.93. The van der Waals surface area contributed by atoms with Gasteiger partial charge in [0.25, 0.3) is 0 Å². The van der Waals surface area contributed by atoms with Crippen molar-refractivity contribution in [1.82, 2.24) is 10.3 Å². The van der Waals surface area contributed by atoms with E-state index in [0.29, 0.717) is 11.6 Å². The highest BCUT2D eigenvalue weighted by Gasteiger charge is 2.21. The van der Waals surface area contributed by atoms with E-state index in [0.717, 1.165) is 30.6 Å². The molecule has 1 aliphatic rings. The largest absolute Gasteiger partial charge is 0.370 e. The fraction of sp³-hybridized carbons (Fsp3) is 0.357. The zero-order chi connectivity index (χ0) is 12.5. The molecule has 3 nitrogen and oxygen atoms in total. The Balaban J connectivity index is 0.00000133. The molecule has 1 fully saturated rings. The summed E-state index contributed by atoms with van der Waals surface area (Å²) in [6.45, 7) is 2.03. The molecule has 5 heteroatoms. The average molecular weight is 282 g/mol. The number of nitrogens with zero attached hydrogens (tertiary/aromatic N) is 2. The zero-order valence-electron chi connectivity index (χ0n) is 10.8. The van der Waals surface area contributed by atoms with Crippen LogP contribution in [0.25, 0.3) is 10.9 Å². The highest BCUT2D eigenvalue weighted by molar-refractivity contribution is 5.92. The summed E-state index contributed by atoms with van der Waals surface area (Å²) < 4.78 is 13.7. The van der Waals surface area contributed by atoms with Gasteiger partial charge in [0.15, 0.2) is 0 Å². The lowest BCUT2D eigenvalue weighted by molar-refractivity contribution is 0.635. The second-order valence-corrected chi connectivity index (χ2v) is 4.72. The third-order valence-electron chi connectivity index (χ3n) is 3.66. The quantitative estimate of drug-likeness (QED) is 0.917. The zero-order valence-corrected chi connectivity index (χ0v) is 11.6. The number of hydrogen-bond acceptors (Lipinski definition) is 3. The van der Waals surface area contributed by atoms with Crippen LogP contribution in [-0.4, -0.2) is 31.2 Å². The molecular weight excluding hydrogens is 265 g/mol. The Labute approximate surface area is 118 Å². The van der Waals surface area contributed by atoms with Gasteiger partial charge in [-0.1, -0.05) is 0 Å². The van der Waals surface area contributed by atoms with Crippen LogP contribution in [0.2, 0.25) is 0 Å². The maximum Gasteiger partial charge on any atom is 0.149 e. The number of nitrogens with one attached hydrogen (secondary N) is 1. The number of fused-ring (bicyclic) bond motifs is 1. The number of halogens is 2. The first-order valence-electron chi connectivity index (χ1n) is 6.24. The first kappa shape index (κ1) is 14.0. The number of pyridine rings is 1. The lowest BCUT2D eigenvalue weighted by atomic mass is 10.1. The highest BCUT2D eigenvalue weighted by atomic mass is 35.5. The lowest BCUT2D eigenvalue weighted by Gasteiger charge is -2.27. The summed E-state index contributed by atoms with van der Waals surface area (Å²) in [5.74, 6) is -0.257. The highest BCUT2D eigenvalue weighted by Crippen LogP contribution is 2.28. The molecule has 19 heavy (non-hydrogen) atoms. The summed E-state index contributed by atoms with van der Waals surface area (Å²) in [5.41, 5.74) is 1.50. The van der Waals surface area contributed by atoms with E-state index in [9.17, 15) is 4.39 Å². The van der Waals surface area contributed by atoms with Gasteiger partial charge in [0.05, 0.1) is 0 Å². The van der Waals surface area contributed by atoms with Crippen molar-refractivity contribution >= 4 is 29.0 Å². The lowest BCUT2D eigenvalue weighted by Crippen LogP contribution is -2.33. The van der Waals surface area contributed by atoms with Crippen molar-refractivity contribution in [3.05, 3.63) is 36.3 Å². The van der Waals surface area contributed by atoms with Gasteiger partial charge in [-0.3, -0.25) is 4.98 Å². The summed E-state index contributed by atoms with van der Waals surface area (Å²) in [4.78, 5) is 6.36. The molecule has 0 bridgehead atoms. The first-order chi connectivity index (χ1) is 8.77. The minimum atomic E-state index is -0.257. The van der Waals surface area contributed by atoms with E-state index in [4.69, 9.17) is 0 Å². The number of hydrogen-bond donors (Lipinski definition) is 1. The smallest absolute Gasteiger partial charge is 0.149 e. The molecule has 1 saturated heterocycles. The number of anilines is 1. The van der Waals surface area contributed by atoms with E-state index in [1.54, 1.807) is 6.20 Å². The van der Waals surface area contributed by atoms with Gasteiger partial charge in [0.1, 0.15) is 11.3 Å². The van der Waals surface area contributed by atoms with Crippen LogP contribution in [0, 0.1) is 5.82 Å². The molecule has 1 N–H and O–H groups in total. The van der Waals surface area contributed by atoms with E-state index in [-0.39, 0.29) is 18.2 Å². The van der Waals surface area contributed by atoms with Crippen molar-refractivity contribution in [3.63, 3.8) is 0 Å². The molecule has 0 aliphatic carbocycles. The first-order valence-corrected chi connectivity index (χ1v) is 6.24. The fourth-order valence-electron chi connectivity index (χ4n) is 2.60. The molecule has 3 rings (SSSR count). The predicted molar refractivity (Wildman–Crippen MR) is 78.6 cm³/mol. The van der Waals surface area contributed by atoms with Gasteiger partial charge in [0.2, 0.25) is 0 Å². The standard InChI is InChI=1S/C14H16FN3.ClH/c1-18(10-6-8-16-9-10)13-5-4-12(15)14-11(13)3-2-7-17-14;/h2-5,7,10,16H,6,8-9H2,1H3;1H/t10-;/m0./s1. The van der Waals surface area contributed by atoms with Crippen LogP contribution >= 0.6 is 12.4 Å². The van der Waals surface area contributed by atoms with Crippen LogP contribution in [0.5, 0.6) is 0 Å². The van der Waals surface area contributed by atoms with Gasteiger partial charge < -0.3 is 10.2 Å². The van der Waals surface area contributed by atoms with Gasteiger partial charge >= 0.3 is 0 Å². The van der Waals surface area contributed by atoms with Crippen molar-refractivity contribution < 1.29 is 4.39 Å². The molecular formula is C14H17ClFN3. The Kier molecular flexibility index (Phi) is 4.22. The number of rotatable bonds is 2. The van der Waals surface area contributed by atoms with Crippen LogP contribution in [-0.2, 0) is 0 Å². The Morgan fingerprint density at radius 1 is 1.37 bits per heavy atom. The van der Waals surface area contributed by atoms with E-state index < -0.39 is 0 Å². The van der Waals surface area contributed by atoms with Crippen LogP contribution in [0.1, 0.15) is 6.42 Å². The molecule has 0 saturated carbocycles. The second-order valence-electron chi connectivity index (χ2n) is 4.72. The normalized spacial score (nSPS) is 18.3. The maximum absolute atomic E-state index is 13.7. The molecule has 1 aliphatic heterocycles. The molecule has 0 spiro atoms. The van der Waals surface area contributed by atoms with Crippen molar-refractivity contribution in [2.45, 2.75) is 12.5 Å². The summed E-state index contributed by atoms with van der Waals surface area (Å²) in [6, 6.07) is 7.60. The number of likely N-dealkylation sites (N-methyl/N-ethyl adjacent to an activating group) is 1. The summed E-state index contributed by atoms with van der Waals surface area (Å²) in [6.07, 6.45) is 2.75. The van der Waals surface area contributed by atoms with Crippen LogP contribution in [0.4, 0.5) is 10.1 Å². The Bertz CT molecular complexity index is 570. The van der Waals surface area contributed by atoms with Gasteiger partial charge in [-0.05, 0) is 37.2 Å². The molecule has 2 heterocycles. The molecule has 1 aromatic carbocycles. The molecule has 1 aromatic heterocycles. The molecule has 102 valence electrons. The van der Waals surface area contributed by atoms with Crippen molar-refractivity contribution in [3.8, 4) is 0 Å². The van der Waals surface area contributed by atoms with Crippen LogP contribution in [0.15, 0.2) is 30.5 Å². The van der Waals surface area contributed by atoms with E-state index in [2.05, 4.69) is 22.2 Å². The summed E-state index contributed by atoms with van der Waals surface area (Å²) in [7, 11) is 2.07. The van der Waals surface area contributed by atoms with E-state index >= 15 is 0 Å². The second kappa shape index (κ2) is 5.72. The molecule has 0 radical (unpaired) electrons. The van der Waals surface area contributed by atoms with Crippen molar-refractivity contribution in [2.24, 2.45) is 0 Å². The minimum Gasteiger partial charge on any atom is -0.370 e. The van der Waals surface area contributed by atoms with Gasteiger partial charge in [-0.2, -0.15) is 0 Å².